The maximum absolute atomic E-state index is 6.00. The van der Waals surface area contributed by atoms with Crippen molar-refractivity contribution in [2.24, 2.45) is 0 Å². The maximum Gasteiger partial charge on any atom is 0.123 e. The fourth-order valence-corrected chi connectivity index (χ4v) is 2.10. The van der Waals surface area contributed by atoms with E-state index in [0.29, 0.717) is 6.61 Å². The fourth-order valence-electron chi connectivity index (χ4n) is 2.10. The Labute approximate surface area is 124 Å². The molecule has 0 amide bonds. The minimum Gasteiger partial charge on any atom is -0.492 e. The fraction of sp³-hybridized carbons (Fsp3) is 0.667. The van der Waals surface area contributed by atoms with Crippen molar-refractivity contribution in [1.29, 1.82) is 0 Å². The molecule has 0 aliphatic carbocycles. The van der Waals surface area contributed by atoms with Crippen molar-refractivity contribution in [3.63, 3.8) is 0 Å². The van der Waals surface area contributed by atoms with Gasteiger partial charge in [-0.25, -0.2) is 0 Å². The van der Waals surface area contributed by atoms with Gasteiger partial charge in [-0.1, -0.05) is 39.8 Å². The number of benzene rings is 1. The van der Waals surface area contributed by atoms with Gasteiger partial charge in [0.15, 0.2) is 0 Å². The predicted molar refractivity (Wildman–Crippen MR) is 87.8 cm³/mol. The molecule has 0 aliphatic rings. The molecule has 0 atom stereocenters. The van der Waals surface area contributed by atoms with Crippen LogP contribution in [0.2, 0.25) is 0 Å². The van der Waals surface area contributed by atoms with Gasteiger partial charge in [0.2, 0.25) is 0 Å². The van der Waals surface area contributed by atoms with Crippen LogP contribution in [-0.4, -0.2) is 18.7 Å². The first kappa shape index (κ1) is 17.0. The molecule has 0 saturated carbocycles. The number of hydrogen-bond acceptors (Lipinski definition) is 2. The van der Waals surface area contributed by atoms with Crippen molar-refractivity contribution in [1.82, 2.24) is 5.32 Å². The Hall–Kier alpha value is -1.02. The lowest BCUT2D eigenvalue weighted by Gasteiger charge is -2.25. The van der Waals surface area contributed by atoms with Crippen LogP contribution in [0.3, 0.4) is 0 Å². The van der Waals surface area contributed by atoms with Crippen LogP contribution in [0.4, 0.5) is 0 Å². The van der Waals surface area contributed by atoms with Crippen molar-refractivity contribution < 1.29 is 4.74 Å². The second-order valence-corrected chi connectivity index (χ2v) is 7.46. The van der Waals surface area contributed by atoms with E-state index in [1.807, 2.05) is 0 Å². The second kappa shape index (κ2) is 6.62. The topological polar surface area (TPSA) is 21.3 Å². The Bertz CT molecular complexity index is 424. The number of nitrogens with one attached hydrogen (secondary N) is 1. The molecule has 0 unspecified atom stereocenters. The van der Waals surface area contributed by atoms with Gasteiger partial charge in [0.1, 0.15) is 12.4 Å². The van der Waals surface area contributed by atoms with Crippen LogP contribution in [0.5, 0.6) is 5.75 Å². The summed E-state index contributed by atoms with van der Waals surface area (Å²) in [5.41, 5.74) is 2.92. The Morgan fingerprint density at radius 3 is 2.20 bits per heavy atom. The van der Waals surface area contributed by atoms with Gasteiger partial charge in [0, 0.05) is 12.1 Å². The van der Waals surface area contributed by atoms with Gasteiger partial charge in [-0.2, -0.15) is 0 Å². The van der Waals surface area contributed by atoms with E-state index in [-0.39, 0.29) is 11.0 Å². The molecule has 114 valence electrons. The average Bonchev–Trinajstić information content (AvgIpc) is 2.32. The monoisotopic (exact) mass is 277 g/mol. The molecule has 0 heterocycles. The predicted octanol–water partition coefficient (Wildman–Crippen LogP) is 4.31. The van der Waals surface area contributed by atoms with Crippen molar-refractivity contribution in [2.75, 3.05) is 13.2 Å². The summed E-state index contributed by atoms with van der Waals surface area (Å²) in [6.07, 6.45) is 1.06. The molecule has 0 aromatic heterocycles. The van der Waals surface area contributed by atoms with Crippen molar-refractivity contribution >= 4 is 0 Å². The zero-order chi connectivity index (χ0) is 15.4. The summed E-state index contributed by atoms with van der Waals surface area (Å²) >= 11 is 0. The first-order valence-corrected chi connectivity index (χ1v) is 7.65. The van der Waals surface area contributed by atoms with Crippen LogP contribution in [-0.2, 0) is 11.8 Å². The minimum atomic E-state index is 0.109. The average molecular weight is 277 g/mol. The van der Waals surface area contributed by atoms with Crippen LogP contribution in [0, 0.1) is 0 Å². The van der Waals surface area contributed by atoms with E-state index in [0.717, 1.165) is 18.7 Å². The molecule has 2 nitrogen and oxygen atoms in total. The summed E-state index contributed by atoms with van der Waals surface area (Å²) in [7, 11) is 0. The minimum absolute atomic E-state index is 0.109. The third-order valence-corrected chi connectivity index (χ3v) is 3.28. The van der Waals surface area contributed by atoms with E-state index in [1.165, 1.54) is 11.1 Å². The van der Waals surface area contributed by atoms with Crippen molar-refractivity contribution in [3.05, 3.63) is 29.3 Å². The Kier molecular flexibility index (Phi) is 5.64. The van der Waals surface area contributed by atoms with Gasteiger partial charge in [0.25, 0.3) is 0 Å². The second-order valence-electron chi connectivity index (χ2n) is 7.46. The van der Waals surface area contributed by atoms with Crippen LogP contribution < -0.4 is 10.1 Å². The number of rotatable bonds is 5. The molecule has 1 aromatic rings. The SMILES string of the molecule is CCc1ccc(OCCNC(C)(C)C)c(C(C)(C)C)c1. The van der Waals surface area contributed by atoms with Crippen LogP contribution in [0.1, 0.15) is 59.6 Å². The molecular formula is C18H31NO. The summed E-state index contributed by atoms with van der Waals surface area (Å²) in [6, 6.07) is 6.57. The van der Waals surface area contributed by atoms with E-state index in [1.54, 1.807) is 0 Å². The smallest absolute Gasteiger partial charge is 0.123 e. The zero-order valence-electron chi connectivity index (χ0n) is 14.3. The molecule has 0 fully saturated rings. The molecule has 20 heavy (non-hydrogen) atoms. The molecule has 0 saturated heterocycles. The molecule has 0 spiro atoms. The molecule has 1 aromatic carbocycles. The molecular weight excluding hydrogens is 246 g/mol. The highest BCUT2D eigenvalue weighted by molar-refractivity contribution is 5.41. The van der Waals surface area contributed by atoms with Gasteiger partial charge < -0.3 is 10.1 Å². The maximum atomic E-state index is 6.00. The van der Waals surface area contributed by atoms with Gasteiger partial charge in [-0.15, -0.1) is 0 Å². The molecule has 2 heteroatoms. The normalized spacial score (nSPS) is 12.6. The van der Waals surface area contributed by atoms with Gasteiger partial charge in [-0.3, -0.25) is 0 Å². The quantitative estimate of drug-likeness (QED) is 0.810. The summed E-state index contributed by atoms with van der Waals surface area (Å²) in [4.78, 5) is 0. The van der Waals surface area contributed by atoms with Crippen molar-refractivity contribution in [2.45, 2.75) is 65.8 Å². The molecule has 0 bridgehead atoms. The number of ether oxygens (including phenoxy) is 1. The Balaban J connectivity index is 2.74. The highest BCUT2D eigenvalue weighted by Gasteiger charge is 2.19. The van der Waals surface area contributed by atoms with E-state index in [2.05, 4.69) is 72.0 Å². The third kappa shape index (κ3) is 5.54. The van der Waals surface area contributed by atoms with Gasteiger partial charge in [0.05, 0.1) is 0 Å². The van der Waals surface area contributed by atoms with Crippen molar-refractivity contribution in [3.8, 4) is 5.75 Å². The zero-order valence-corrected chi connectivity index (χ0v) is 14.3. The summed E-state index contributed by atoms with van der Waals surface area (Å²) in [6.45, 7) is 17.0. The summed E-state index contributed by atoms with van der Waals surface area (Å²) < 4.78 is 6.00. The number of hydrogen-bond donors (Lipinski definition) is 1. The lowest BCUT2D eigenvalue weighted by atomic mass is 9.85. The number of aryl methyl sites for hydroxylation is 1. The third-order valence-electron chi connectivity index (χ3n) is 3.28. The lowest BCUT2D eigenvalue weighted by molar-refractivity contribution is 0.285. The first-order valence-electron chi connectivity index (χ1n) is 7.65. The molecule has 1 N–H and O–H groups in total. The molecule has 0 radical (unpaired) electrons. The van der Waals surface area contributed by atoms with Gasteiger partial charge in [-0.05, 0) is 49.8 Å². The standard InChI is InChI=1S/C18H31NO/c1-8-14-9-10-16(15(13-14)17(2,3)4)20-12-11-19-18(5,6)7/h9-10,13,19H,8,11-12H2,1-7H3. The summed E-state index contributed by atoms with van der Waals surface area (Å²) in [5, 5.41) is 3.45. The van der Waals surface area contributed by atoms with Gasteiger partial charge >= 0.3 is 0 Å². The van der Waals surface area contributed by atoms with E-state index >= 15 is 0 Å². The van der Waals surface area contributed by atoms with E-state index < -0.39 is 0 Å². The largest absolute Gasteiger partial charge is 0.492 e. The van der Waals surface area contributed by atoms with Crippen LogP contribution >= 0.6 is 0 Å². The first-order chi connectivity index (χ1) is 9.13. The molecule has 0 aliphatic heterocycles. The van der Waals surface area contributed by atoms with E-state index in [4.69, 9.17) is 4.74 Å². The Morgan fingerprint density at radius 2 is 1.70 bits per heavy atom. The van der Waals surface area contributed by atoms with E-state index in [9.17, 15) is 0 Å². The highest BCUT2D eigenvalue weighted by Crippen LogP contribution is 2.32. The van der Waals surface area contributed by atoms with Crippen LogP contribution in [0.25, 0.3) is 0 Å². The molecule has 1 rings (SSSR count). The summed E-state index contributed by atoms with van der Waals surface area (Å²) in [5.74, 6) is 1.02. The Morgan fingerprint density at radius 1 is 1.05 bits per heavy atom. The van der Waals surface area contributed by atoms with Crippen LogP contribution in [0.15, 0.2) is 18.2 Å². The lowest BCUT2D eigenvalue weighted by Crippen LogP contribution is -2.38. The highest BCUT2D eigenvalue weighted by atomic mass is 16.5.